The minimum absolute atomic E-state index is 0.00129. The summed E-state index contributed by atoms with van der Waals surface area (Å²) in [7, 11) is 1.70. The van der Waals surface area contributed by atoms with Gasteiger partial charge in [-0.15, -0.1) is 0 Å². The predicted octanol–water partition coefficient (Wildman–Crippen LogP) is 4.78. The Hall–Kier alpha value is -3.22. The highest BCUT2D eigenvalue weighted by molar-refractivity contribution is 6.02. The Morgan fingerprint density at radius 3 is 2.26 bits per heavy atom. The maximum atomic E-state index is 13.6. The number of likely N-dealkylation sites (tertiary alicyclic amines) is 1. The average molecular weight is 479 g/mol. The summed E-state index contributed by atoms with van der Waals surface area (Å²) in [5.74, 6) is 0.947. The van der Waals surface area contributed by atoms with Crippen molar-refractivity contribution < 1.29 is 14.3 Å². The average Bonchev–Trinajstić information content (AvgIpc) is 2.92. The van der Waals surface area contributed by atoms with Gasteiger partial charge in [-0.05, 0) is 56.0 Å². The summed E-state index contributed by atoms with van der Waals surface area (Å²) < 4.78 is 5.56. The van der Waals surface area contributed by atoms with Crippen LogP contribution < -0.4 is 19.9 Å². The first-order chi connectivity index (χ1) is 17.1. The van der Waals surface area contributed by atoms with Crippen LogP contribution in [0, 0.1) is 0 Å². The third-order valence-corrected chi connectivity index (χ3v) is 6.96. The molecule has 0 spiro atoms. The molecule has 0 saturated carbocycles. The number of amides is 2. The van der Waals surface area contributed by atoms with Crippen LogP contribution in [-0.4, -0.2) is 63.1 Å². The molecule has 0 aliphatic carbocycles. The van der Waals surface area contributed by atoms with Gasteiger partial charge in [-0.1, -0.05) is 25.5 Å². The monoisotopic (exact) mass is 478 g/mol. The molecular weight excluding hydrogens is 440 g/mol. The number of nitrogens with zero attached hydrogens (tertiary/aromatic N) is 3. The van der Waals surface area contributed by atoms with E-state index in [1.54, 1.807) is 7.11 Å². The van der Waals surface area contributed by atoms with E-state index in [1.165, 1.54) is 6.42 Å². The van der Waals surface area contributed by atoms with Crippen molar-refractivity contribution in [1.82, 2.24) is 4.90 Å². The molecular formula is C28H38N4O3. The number of carbonyl (C=O) groups excluding carboxylic acids is 2. The Labute approximate surface area is 209 Å². The molecule has 2 aromatic rings. The van der Waals surface area contributed by atoms with E-state index >= 15 is 0 Å². The van der Waals surface area contributed by atoms with Gasteiger partial charge in [0.25, 0.3) is 5.91 Å². The van der Waals surface area contributed by atoms with Crippen LogP contribution in [0.1, 0.15) is 55.8 Å². The number of hydrogen-bond acceptors (Lipinski definition) is 5. The molecule has 1 N–H and O–H groups in total. The number of methoxy groups -OCH3 is 1. The van der Waals surface area contributed by atoms with E-state index in [2.05, 4.69) is 28.1 Å². The molecule has 2 saturated heterocycles. The van der Waals surface area contributed by atoms with E-state index in [1.807, 2.05) is 41.3 Å². The quantitative estimate of drug-likeness (QED) is 0.592. The molecule has 0 bridgehead atoms. The zero-order valence-corrected chi connectivity index (χ0v) is 21.1. The van der Waals surface area contributed by atoms with E-state index in [0.29, 0.717) is 17.7 Å². The number of para-hydroxylation sites is 2. The highest BCUT2D eigenvalue weighted by atomic mass is 16.5. The minimum atomic E-state index is 0.00129. The molecule has 2 aromatic carbocycles. The zero-order chi connectivity index (χ0) is 24.6. The number of hydrogen-bond donors (Lipinski definition) is 1. The topological polar surface area (TPSA) is 65.1 Å². The van der Waals surface area contributed by atoms with Crippen molar-refractivity contribution in [2.24, 2.45) is 0 Å². The third kappa shape index (κ3) is 6.08. The number of carbonyl (C=O) groups is 2. The fourth-order valence-electron chi connectivity index (χ4n) is 4.97. The normalized spacial score (nSPS) is 16.2. The van der Waals surface area contributed by atoms with Crippen LogP contribution in [0.2, 0.25) is 0 Å². The van der Waals surface area contributed by atoms with Crippen LogP contribution in [-0.2, 0) is 4.79 Å². The molecule has 7 nitrogen and oxygen atoms in total. The minimum Gasteiger partial charge on any atom is -0.495 e. The molecule has 4 rings (SSSR count). The maximum absolute atomic E-state index is 13.6. The van der Waals surface area contributed by atoms with Crippen LogP contribution in [0.15, 0.2) is 42.5 Å². The van der Waals surface area contributed by atoms with Crippen molar-refractivity contribution in [3.63, 3.8) is 0 Å². The lowest BCUT2D eigenvalue weighted by Gasteiger charge is -2.39. The Balaban J connectivity index is 1.54. The van der Waals surface area contributed by atoms with Gasteiger partial charge in [0.15, 0.2) is 0 Å². The van der Waals surface area contributed by atoms with E-state index < -0.39 is 0 Å². The van der Waals surface area contributed by atoms with Gasteiger partial charge in [0.2, 0.25) is 5.91 Å². The van der Waals surface area contributed by atoms with E-state index in [0.717, 1.165) is 82.1 Å². The Morgan fingerprint density at radius 1 is 0.886 bits per heavy atom. The molecule has 188 valence electrons. The lowest BCUT2D eigenvalue weighted by molar-refractivity contribution is -0.116. The predicted molar refractivity (Wildman–Crippen MR) is 142 cm³/mol. The first kappa shape index (κ1) is 24.9. The fourth-order valence-corrected chi connectivity index (χ4v) is 4.97. The largest absolute Gasteiger partial charge is 0.495 e. The van der Waals surface area contributed by atoms with Crippen molar-refractivity contribution in [2.75, 3.05) is 61.5 Å². The maximum Gasteiger partial charge on any atom is 0.256 e. The van der Waals surface area contributed by atoms with Crippen LogP contribution >= 0.6 is 0 Å². The van der Waals surface area contributed by atoms with Crippen molar-refractivity contribution in [3.05, 3.63) is 48.0 Å². The van der Waals surface area contributed by atoms with Gasteiger partial charge in [0, 0.05) is 57.1 Å². The highest BCUT2D eigenvalue weighted by Crippen LogP contribution is 2.31. The van der Waals surface area contributed by atoms with Crippen molar-refractivity contribution in [2.45, 2.75) is 45.4 Å². The van der Waals surface area contributed by atoms with Crippen molar-refractivity contribution >= 4 is 28.9 Å². The molecule has 0 atom stereocenters. The first-order valence-corrected chi connectivity index (χ1v) is 13.0. The number of unbranched alkanes of at least 4 members (excludes halogenated alkanes) is 1. The smallest absolute Gasteiger partial charge is 0.256 e. The van der Waals surface area contributed by atoms with E-state index in [-0.39, 0.29) is 11.8 Å². The number of anilines is 3. The SMILES string of the molecule is CCCCC(=O)Nc1ccc(N2CCN(c3ccccc3OC)CC2)c(C(=O)N2CCCCC2)c1. The summed E-state index contributed by atoms with van der Waals surface area (Å²) in [6, 6.07) is 13.9. The number of piperazine rings is 1. The summed E-state index contributed by atoms with van der Waals surface area (Å²) in [5, 5.41) is 3.00. The number of piperidine rings is 1. The Bertz CT molecular complexity index is 1010. The summed E-state index contributed by atoms with van der Waals surface area (Å²) in [6.45, 7) is 6.96. The van der Waals surface area contributed by atoms with E-state index in [4.69, 9.17) is 4.74 Å². The number of rotatable bonds is 8. The lowest BCUT2D eigenvalue weighted by Crippen LogP contribution is -2.47. The van der Waals surface area contributed by atoms with Gasteiger partial charge in [-0.2, -0.15) is 0 Å². The molecule has 2 fully saturated rings. The van der Waals surface area contributed by atoms with Gasteiger partial charge in [-0.3, -0.25) is 9.59 Å². The van der Waals surface area contributed by atoms with Gasteiger partial charge >= 0.3 is 0 Å². The summed E-state index contributed by atoms with van der Waals surface area (Å²) in [5.41, 5.74) is 3.44. The lowest BCUT2D eigenvalue weighted by atomic mass is 10.1. The second kappa shape index (κ2) is 12.0. The molecule has 0 aromatic heterocycles. The van der Waals surface area contributed by atoms with Crippen molar-refractivity contribution in [3.8, 4) is 5.75 Å². The zero-order valence-electron chi connectivity index (χ0n) is 21.1. The second-order valence-corrected chi connectivity index (χ2v) is 9.38. The number of nitrogens with one attached hydrogen (secondary N) is 1. The molecule has 2 amide bonds. The van der Waals surface area contributed by atoms with Crippen molar-refractivity contribution in [1.29, 1.82) is 0 Å². The van der Waals surface area contributed by atoms with Crippen LogP contribution in [0.5, 0.6) is 5.75 Å². The van der Waals surface area contributed by atoms with Crippen LogP contribution in [0.25, 0.3) is 0 Å². The standard InChI is InChI=1S/C28H38N4O3/c1-3-4-12-27(33)29-22-13-14-24(23(21-22)28(34)32-15-8-5-9-16-32)30-17-19-31(20-18-30)25-10-6-7-11-26(25)35-2/h6-7,10-11,13-14,21H,3-5,8-9,12,15-20H2,1-2H3,(H,29,33). The second-order valence-electron chi connectivity index (χ2n) is 9.38. The molecule has 35 heavy (non-hydrogen) atoms. The molecule has 2 heterocycles. The Morgan fingerprint density at radius 2 is 1.57 bits per heavy atom. The first-order valence-electron chi connectivity index (χ1n) is 13.0. The molecule has 2 aliphatic heterocycles. The molecule has 2 aliphatic rings. The highest BCUT2D eigenvalue weighted by Gasteiger charge is 2.26. The number of benzene rings is 2. The Kier molecular flexibility index (Phi) is 8.50. The van der Waals surface area contributed by atoms with Gasteiger partial charge in [0.05, 0.1) is 18.4 Å². The molecule has 7 heteroatoms. The van der Waals surface area contributed by atoms with Gasteiger partial charge < -0.3 is 24.8 Å². The summed E-state index contributed by atoms with van der Waals surface area (Å²) in [6.07, 6.45) is 5.61. The fraction of sp³-hybridized carbons (Fsp3) is 0.500. The third-order valence-electron chi connectivity index (χ3n) is 6.96. The van der Waals surface area contributed by atoms with Crippen LogP contribution in [0.3, 0.4) is 0 Å². The summed E-state index contributed by atoms with van der Waals surface area (Å²) in [4.78, 5) is 32.5. The van der Waals surface area contributed by atoms with E-state index in [9.17, 15) is 9.59 Å². The van der Waals surface area contributed by atoms with Gasteiger partial charge in [0.1, 0.15) is 5.75 Å². The van der Waals surface area contributed by atoms with Crippen LogP contribution in [0.4, 0.5) is 17.1 Å². The number of ether oxygens (including phenoxy) is 1. The molecule has 0 unspecified atom stereocenters. The van der Waals surface area contributed by atoms with Gasteiger partial charge in [-0.25, -0.2) is 0 Å². The summed E-state index contributed by atoms with van der Waals surface area (Å²) >= 11 is 0. The molecule has 0 radical (unpaired) electrons.